The van der Waals surface area contributed by atoms with Crippen LogP contribution in [0.4, 0.5) is 5.69 Å². The molecule has 0 saturated heterocycles. The number of rotatable bonds is 4. The molecule has 0 radical (unpaired) electrons. The average Bonchev–Trinajstić information content (AvgIpc) is 2.47. The van der Waals surface area contributed by atoms with Crippen molar-refractivity contribution in [2.24, 2.45) is 5.92 Å². The predicted molar refractivity (Wildman–Crippen MR) is 85.7 cm³/mol. The van der Waals surface area contributed by atoms with Gasteiger partial charge in [0, 0.05) is 16.8 Å². The van der Waals surface area contributed by atoms with Crippen LogP contribution in [0.25, 0.3) is 0 Å². The molecule has 1 fully saturated rings. The Morgan fingerprint density at radius 3 is 2.77 bits per heavy atom. The molecule has 3 N–H and O–H groups in total. The maximum absolute atomic E-state index is 11.9. The minimum absolute atomic E-state index is 0.167. The molecule has 2 atom stereocenters. The van der Waals surface area contributed by atoms with Crippen molar-refractivity contribution < 1.29 is 14.3 Å². The normalized spacial score (nSPS) is 21.2. The topological polar surface area (TPSA) is 81.4 Å². The van der Waals surface area contributed by atoms with Gasteiger partial charge in [-0.1, -0.05) is 31.4 Å². The number of ether oxygens (including phenoxy) is 1. The van der Waals surface area contributed by atoms with Crippen molar-refractivity contribution in [2.45, 2.75) is 38.6 Å². The molecule has 0 unspecified atom stereocenters. The summed E-state index contributed by atoms with van der Waals surface area (Å²) in [6, 6.07) is 4.68. The number of halogens is 1. The zero-order chi connectivity index (χ0) is 16.1. The van der Waals surface area contributed by atoms with Crippen molar-refractivity contribution in [1.82, 2.24) is 5.32 Å². The quantitative estimate of drug-likeness (QED) is 0.659. The van der Waals surface area contributed by atoms with Crippen molar-refractivity contribution in [3.63, 3.8) is 0 Å². The number of carbonyl (C=O) groups excluding carboxylic acids is 2. The SMILES string of the molecule is C[C@H]1CCCC[C@H]1NC(=O)COC(=O)c1ccc(Cl)cc1N. The van der Waals surface area contributed by atoms with E-state index in [-0.39, 0.29) is 29.8 Å². The Morgan fingerprint density at radius 1 is 1.36 bits per heavy atom. The molecule has 120 valence electrons. The van der Waals surface area contributed by atoms with Crippen LogP contribution in [0.2, 0.25) is 5.02 Å². The maximum Gasteiger partial charge on any atom is 0.340 e. The van der Waals surface area contributed by atoms with Crippen LogP contribution in [-0.4, -0.2) is 24.5 Å². The van der Waals surface area contributed by atoms with E-state index in [1.165, 1.54) is 18.6 Å². The Kier molecular flexibility index (Phi) is 5.66. The van der Waals surface area contributed by atoms with Gasteiger partial charge in [0.15, 0.2) is 6.61 Å². The zero-order valence-corrected chi connectivity index (χ0v) is 13.4. The van der Waals surface area contributed by atoms with Crippen LogP contribution in [0.5, 0.6) is 0 Å². The van der Waals surface area contributed by atoms with E-state index in [1.807, 2.05) is 0 Å². The molecule has 0 heterocycles. The first kappa shape index (κ1) is 16.6. The first-order chi connectivity index (χ1) is 10.5. The van der Waals surface area contributed by atoms with Gasteiger partial charge in [0.1, 0.15) is 0 Å². The van der Waals surface area contributed by atoms with Crippen molar-refractivity contribution in [3.05, 3.63) is 28.8 Å². The van der Waals surface area contributed by atoms with Gasteiger partial charge in [0.2, 0.25) is 0 Å². The summed E-state index contributed by atoms with van der Waals surface area (Å²) in [5.74, 6) is -0.444. The third kappa shape index (κ3) is 4.37. The van der Waals surface area contributed by atoms with Crippen LogP contribution < -0.4 is 11.1 Å². The molecule has 1 aromatic carbocycles. The lowest BCUT2D eigenvalue weighted by molar-refractivity contribution is -0.125. The first-order valence-electron chi connectivity index (χ1n) is 7.49. The van der Waals surface area contributed by atoms with E-state index in [9.17, 15) is 9.59 Å². The number of benzene rings is 1. The summed E-state index contributed by atoms with van der Waals surface area (Å²) in [6.07, 6.45) is 4.42. The predicted octanol–water partition coefficient (Wildman–Crippen LogP) is 2.77. The van der Waals surface area contributed by atoms with Gasteiger partial charge in [-0.2, -0.15) is 0 Å². The second-order valence-corrected chi connectivity index (χ2v) is 6.18. The molecule has 0 bridgehead atoms. The monoisotopic (exact) mass is 324 g/mol. The fourth-order valence-corrected chi connectivity index (χ4v) is 2.89. The highest BCUT2D eigenvalue weighted by Gasteiger charge is 2.23. The molecule has 1 aromatic rings. The van der Waals surface area contributed by atoms with Crippen molar-refractivity contribution in [2.75, 3.05) is 12.3 Å². The average molecular weight is 325 g/mol. The number of amides is 1. The van der Waals surface area contributed by atoms with Gasteiger partial charge in [-0.3, -0.25) is 4.79 Å². The maximum atomic E-state index is 11.9. The molecular formula is C16H21ClN2O3. The van der Waals surface area contributed by atoms with Crippen LogP contribution in [0.1, 0.15) is 43.0 Å². The molecule has 0 aromatic heterocycles. The molecule has 22 heavy (non-hydrogen) atoms. The molecule has 0 spiro atoms. The number of carbonyl (C=O) groups is 2. The van der Waals surface area contributed by atoms with E-state index in [0.29, 0.717) is 10.9 Å². The summed E-state index contributed by atoms with van der Waals surface area (Å²) >= 11 is 5.78. The van der Waals surface area contributed by atoms with Gasteiger partial charge in [0.25, 0.3) is 5.91 Å². The summed E-state index contributed by atoms with van der Waals surface area (Å²) < 4.78 is 5.01. The zero-order valence-electron chi connectivity index (χ0n) is 12.6. The van der Waals surface area contributed by atoms with Crippen molar-refractivity contribution in [3.8, 4) is 0 Å². The molecule has 1 amide bonds. The number of hydrogen-bond acceptors (Lipinski definition) is 4. The number of nitrogen functional groups attached to an aromatic ring is 1. The van der Waals surface area contributed by atoms with Crippen molar-refractivity contribution in [1.29, 1.82) is 0 Å². The lowest BCUT2D eigenvalue weighted by atomic mass is 9.86. The van der Waals surface area contributed by atoms with Gasteiger partial charge >= 0.3 is 5.97 Å². The Morgan fingerprint density at radius 2 is 2.09 bits per heavy atom. The molecule has 5 nitrogen and oxygen atoms in total. The fraction of sp³-hybridized carbons (Fsp3) is 0.500. The molecule has 0 aliphatic heterocycles. The summed E-state index contributed by atoms with van der Waals surface area (Å²) in [7, 11) is 0. The second kappa shape index (κ2) is 7.49. The highest BCUT2D eigenvalue weighted by atomic mass is 35.5. The van der Waals surface area contributed by atoms with Crippen LogP contribution in [0.3, 0.4) is 0 Å². The standard InChI is InChI=1S/C16H21ClN2O3/c1-10-4-2-3-5-14(10)19-15(20)9-22-16(21)12-7-6-11(17)8-13(12)18/h6-8,10,14H,2-5,9,18H2,1H3,(H,19,20)/t10-,14+/m0/s1. The molecule has 2 rings (SSSR count). The lowest BCUT2D eigenvalue weighted by Gasteiger charge is -2.29. The van der Waals surface area contributed by atoms with E-state index in [0.717, 1.165) is 19.3 Å². The number of esters is 1. The third-order valence-corrected chi connectivity index (χ3v) is 4.26. The molecule has 6 heteroatoms. The van der Waals surface area contributed by atoms with Gasteiger partial charge in [-0.25, -0.2) is 4.79 Å². The van der Waals surface area contributed by atoms with Gasteiger partial charge in [0.05, 0.1) is 5.56 Å². The minimum atomic E-state index is -0.624. The molecule has 1 aliphatic rings. The Labute approximate surface area is 135 Å². The van der Waals surface area contributed by atoms with Gasteiger partial charge in [-0.15, -0.1) is 0 Å². The van der Waals surface area contributed by atoms with Crippen LogP contribution in [-0.2, 0) is 9.53 Å². The van der Waals surface area contributed by atoms with Crippen molar-refractivity contribution >= 4 is 29.2 Å². The number of nitrogens with two attached hydrogens (primary N) is 1. The lowest BCUT2D eigenvalue weighted by Crippen LogP contribution is -2.42. The minimum Gasteiger partial charge on any atom is -0.452 e. The van der Waals surface area contributed by atoms with E-state index in [4.69, 9.17) is 22.1 Å². The summed E-state index contributed by atoms with van der Waals surface area (Å²) in [4.78, 5) is 23.8. The van der Waals surface area contributed by atoms with Crippen LogP contribution >= 0.6 is 11.6 Å². The summed E-state index contributed by atoms with van der Waals surface area (Å²) in [5, 5.41) is 3.37. The third-order valence-electron chi connectivity index (χ3n) is 4.03. The number of nitrogens with one attached hydrogen (secondary N) is 1. The van der Waals surface area contributed by atoms with Crippen LogP contribution in [0.15, 0.2) is 18.2 Å². The summed E-state index contributed by atoms with van der Waals surface area (Å²) in [5.41, 5.74) is 6.16. The van der Waals surface area contributed by atoms with Gasteiger partial charge < -0.3 is 15.8 Å². The Hall–Kier alpha value is -1.75. The fourth-order valence-electron chi connectivity index (χ4n) is 2.71. The van der Waals surface area contributed by atoms with E-state index in [1.54, 1.807) is 6.07 Å². The molecule has 1 aliphatic carbocycles. The van der Waals surface area contributed by atoms with E-state index in [2.05, 4.69) is 12.2 Å². The number of anilines is 1. The Balaban J connectivity index is 1.84. The van der Waals surface area contributed by atoms with Gasteiger partial charge in [-0.05, 0) is 37.0 Å². The molecule has 1 saturated carbocycles. The first-order valence-corrected chi connectivity index (χ1v) is 7.86. The Bertz CT molecular complexity index is 562. The highest BCUT2D eigenvalue weighted by molar-refractivity contribution is 6.31. The number of hydrogen-bond donors (Lipinski definition) is 2. The summed E-state index contributed by atoms with van der Waals surface area (Å²) in [6.45, 7) is 1.83. The van der Waals surface area contributed by atoms with E-state index >= 15 is 0 Å². The molecular weight excluding hydrogens is 304 g/mol. The largest absolute Gasteiger partial charge is 0.452 e. The highest BCUT2D eigenvalue weighted by Crippen LogP contribution is 2.23. The second-order valence-electron chi connectivity index (χ2n) is 5.74. The van der Waals surface area contributed by atoms with Crippen LogP contribution in [0, 0.1) is 5.92 Å². The van der Waals surface area contributed by atoms with E-state index < -0.39 is 5.97 Å². The smallest absolute Gasteiger partial charge is 0.340 e.